The van der Waals surface area contributed by atoms with E-state index in [9.17, 15) is 0 Å². The molecule has 0 spiro atoms. The van der Waals surface area contributed by atoms with Crippen LogP contribution in [0.15, 0.2) is 0 Å². The summed E-state index contributed by atoms with van der Waals surface area (Å²) in [6, 6.07) is 0. The first-order valence-corrected chi connectivity index (χ1v) is 5.33. The molecule has 3 heteroatoms. The molecule has 1 N–H and O–H groups in total. The summed E-state index contributed by atoms with van der Waals surface area (Å²) < 4.78 is 0. The highest BCUT2D eigenvalue weighted by Gasteiger charge is 2.41. The number of aliphatic hydroxyl groups is 1. The lowest BCUT2D eigenvalue weighted by Gasteiger charge is -2.24. The summed E-state index contributed by atoms with van der Waals surface area (Å²) in [6.07, 6.45) is 2.64. The van der Waals surface area contributed by atoms with E-state index in [0.717, 1.165) is 25.4 Å². The molecule has 0 aromatic carbocycles. The van der Waals surface area contributed by atoms with Crippen molar-refractivity contribution in [3.05, 3.63) is 0 Å². The molecule has 0 amide bonds. The molecular weight excluding hydrogens is 170 g/mol. The zero-order valence-corrected chi connectivity index (χ0v) is 8.69. The second-order valence-electron chi connectivity index (χ2n) is 3.75. The Hall–Kier alpha value is 0.270. The summed E-state index contributed by atoms with van der Waals surface area (Å²) >= 11 is 4.36. The zero-order valence-electron chi connectivity index (χ0n) is 7.79. The van der Waals surface area contributed by atoms with Crippen molar-refractivity contribution < 1.29 is 5.11 Å². The highest BCUT2D eigenvalue weighted by atomic mass is 32.1. The average Bonchev–Trinajstić information content (AvgIpc) is 2.85. The molecule has 72 valence electrons. The largest absolute Gasteiger partial charge is 0.395 e. The van der Waals surface area contributed by atoms with E-state index >= 15 is 0 Å². The highest BCUT2D eigenvalue weighted by molar-refractivity contribution is 7.80. The van der Waals surface area contributed by atoms with Crippen LogP contribution in [-0.2, 0) is 0 Å². The standard InChI is InChI=1S/C9H19NOS/c1-2-10(5-6-11)7-9(8-12)3-4-9/h11-12H,2-8H2,1H3. The molecule has 2 nitrogen and oxygen atoms in total. The van der Waals surface area contributed by atoms with Crippen molar-refractivity contribution in [2.24, 2.45) is 5.41 Å². The van der Waals surface area contributed by atoms with E-state index < -0.39 is 0 Å². The minimum Gasteiger partial charge on any atom is -0.395 e. The van der Waals surface area contributed by atoms with Gasteiger partial charge >= 0.3 is 0 Å². The van der Waals surface area contributed by atoms with Gasteiger partial charge in [-0.1, -0.05) is 6.92 Å². The van der Waals surface area contributed by atoms with Crippen LogP contribution in [-0.4, -0.2) is 42.0 Å². The van der Waals surface area contributed by atoms with Crippen LogP contribution in [0.2, 0.25) is 0 Å². The molecule has 1 aliphatic rings. The molecular formula is C9H19NOS. The highest BCUT2D eigenvalue weighted by Crippen LogP contribution is 2.46. The number of thiol groups is 1. The molecule has 0 bridgehead atoms. The second kappa shape index (κ2) is 4.49. The first kappa shape index (κ1) is 10.4. The van der Waals surface area contributed by atoms with E-state index in [4.69, 9.17) is 5.11 Å². The van der Waals surface area contributed by atoms with Crippen molar-refractivity contribution in [3.63, 3.8) is 0 Å². The molecule has 0 aliphatic heterocycles. The van der Waals surface area contributed by atoms with E-state index in [1.807, 2.05) is 0 Å². The Morgan fingerprint density at radius 2 is 2.17 bits per heavy atom. The van der Waals surface area contributed by atoms with Crippen LogP contribution in [0.3, 0.4) is 0 Å². The van der Waals surface area contributed by atoms with Crippen molar-refractivity contribution in [3.8, 4) is 0 Å². The number of aliphatic hydroxyl groups excluding tert-OH is 1. The molecule has 0 heterocycles. The maximum absolute atomic E-state index is 8.80. The van der Waals surface area contributed by atoms with Crippen LogP contribution in [0.4, 0.5) is 0 Å². The molecule has 0 unspecified atom stereocenters. The molecule has 0 atom stereocenters. The van der Waals surface area contributed by atoms with Gasteiger partial charge in [0.2, 0.25) is 0 Å². The van der Waals surface area contributed by atoms with E-state index in [0.29, 0.717) is 5.41 Å². The van der Waals surface area contributed by atoms with E-state index in [-0.39, 0.29) is 6.61 Å². The van der Waals surface area contributed by atoms with Crippen molar-refractivity contribution in [1.82, 2.24) is 4.90 Å². The molecule has 1 rings (SSSR count). The van der Waals surface area contributed by atoms with Gasteiger partial charge in [0.25, 0.3) is 0 Å². The van der Waals surface area contributed by atoms with Crippen LogP contribution >= 0.6 is 12.6 Å². The van der Waals surface area contributed by atoms with E-state index in [1.165, 1.54) is 12.8 Å². The number of nitrogens with zero attached hydrogens (tertiary/aromatic N) is 1. The minimum atomic E-state index is 0.274. The van der Waals surface area contributed by atoms with Gasteiger partial charge in [-0.05, 0) is 30.6 Å². The predicted octanol–water partition coefficient (Wildman–Crippen LogP) is 1.01. The Morgan fingerprint density at radius 3 is 2.50 bits per heavy atom. The van der Waals surface area contributed by atoms with Gasteiger partial charge in [-0.25, -0.2) is 0 Å². The Balaban J connectivity index is 2.26. The van der Waals surface area contributed by atoms with E-state index in [1.54, 1.807) is 0 Å². The molecule has 1 saturated carbocycles. The first-order valence-electron chi connectivity index (χ1n) is 4.70. The summed E-state index contributed by atoms with van der Waals surface area (Å²) in [5, 5.41) is 8.80. The number of hydrogen-bond donors (Lipinski definition) is 2. The lowest BCUT2D eigenvalue weighted by molar-refractivity contribution is 0.181. The molecule has 0 saturated heterocycles. The van der Waals surface area contributed by atoms with Gasteiger partial charge in [0.15, 0.2) is 0 Å². The molecule has 0 aromatic rings. The molecule has 1 fully saturated rings. The molecule has 12 heavy (non-hydrogen) atoms. The van der Waals surface area contributed by atoms with Gasteiger partial charge in [-0.3, -0.25) is 0 Å². The van der Waals surface area contributed by atoms with Gasteiger partial charge < -0.3 is 10.0 Å². The maximum Gasteiger partial charge on any atom is 0.0558 e. The van der Waals surface area contributed by atoms with Crippen LogP contribution in [0.1, 0.15) is 19.8 Å². The van der Waals surface area contributed by atoms with Gasteiger partial charge in [0, 0.05) is 13.1 Å². The van der Waals surface area contributed by atoms with Crippen molar-refractivity contribution in [2.45, 2.75) is 19.8 Å². The lowest BCUT2D eigenvalue weighted by atomic mass is 10.1. The fourth-order valence-electron chi connectivity index (χ4n) is 1.51. The lowest BCUT2D eigenvalue weighted by Crippen LogP contribution is -2.33. The Bertz CT molecular complexity index is 136. The number of likely N-dealkylation sites (N-methyl/N-ethyl adjacent to an activating group) is 1. The summed E-state index contributed by atoms with van der Waals surface area (Å²) in [5.74, 6) is 0.995. The van der Waals surface area contributed by atoms with Gasteiger partial charge in [0.1, 0.15) is 0 Å². The Kier molecular flexibility index (Phi) is 3.87. The van der Waals surface area contributed by atoms with Crippen LogP contribution in [0.5, 0.6) is 0 Å². The fraction of sp³-hybridized carbons (Fsp3) is 1.00. The smallest absolute Gasteiger partial charge is 0.0558 e. The second-order valence-corrected chi connectivity index (χ2v) is 4.07. The fourth-order valence-corrected chi connectivity index (χ4v) is 1.92. The maximum atomic E-state index is 8.80. The third kappa shape index (κ3) is 2.64. The summed E-state index contributed by atoms with van der Waals surface area (Å²) in [6.45, 7) is 5.39. The average molecular weight is 189 g/mol. The SMILES string of the molecule is CCN(CCO)CC1(CS)CC1. The topological polar surface area (TPSA) is 23.5 Å². The number of rotatable bonds is 6. The molecule has 0 radical (unpaired) electrons. The van der Waals surface area contributed by atoms with Crippen LogP contribution < -0.4 is 0 Å². The summed E-state index contributed by atoms with van der Waals surface area (Å²) in [4.78, 5) is 2.31. The van der Waals surface area contributed by atoms with E-state index in [2.05, 4.69) is 24.5 Å². The van der Waals surface area contributed by atoms with Gasteiger partial charge in [-0.2, -0.15) is 12.6 Å². The van der Waals surface area contributed by atoms with Gasteiger partial charge in [0.05, 0.1) is 6.61 Å². The Morgan fingerprint density at radius 1 is 1.50 bits per heavy atom. The normalized spacial score (nSPS) is 20.0. The number of hydrogen-bond acceptors (Lipinski definition) is 3. The summed E-state index contributed by atoms with van der Waals surface area (Å²) in [5.41, 5.74) is 0.494. The van der Waals surface area contributed by atoms with Crippen molar-refractivity contribution >= 4 is 12.6 Å². The minimum absolute atomic E-state index is 0.274. The third-order valence-corrected chi connectivity index (χ3v) is 3.39. The van der Waals surface area contributed by atoms with Gasteiger partial charge in [-0.15, -0.1) is 0 Å². The van der Waals surface area contributed by atoms with Crippen LogP contribution in [0.25, 0.3) is 0 Å². The third-order valence-electron chi connectivity index (χ3n) is 2.71. The van der Waals surface area contributed by atoms with Crippen molar-refractivity contribution in [1.29, 1.82) is 0 Å². The monoisotopic (exact) mass is 189 g/mol. The Labute approximate surface area is 80.4 Å². The molecule has 1 aliphatic carbocycles. The van der Waals surface area contributed by atoms with Crippen LogP contribution in [0, 0.1) is 5.41 Å². The first-order chi connectivity index (χ1) is 5.76. The summed E-state index contributed by atoms with van der Waals surface area (Å²) in [7, 11) is 0. The predicted molar refractivity (Wildman–Crippen MR) is 54.7 cm³/mol. The quantitative estimate of drug-likeness (QED) is 0.609. The van der Waals surface area contributed by atoms with Crippen molar-refractivity contribution in [2.75, 3.05) is 32.0 Å². The molecule has 0 aromatic heterocycles. The zero-order chi connectivity index (χ0) is 9.03.